The first-order chi connectivity index (χ1) is 7.76. The van der Waals surface area contributed by atoms with Crippen LogP contribution in [0.4, 0.5) is 0 Å². The highest BCUT2D eigenvalue weighted by Gasteiger charge is 2.12. The van der Waals surface area contributed by atoms with Crippen molar-refractivity contribution in [3.05, 3.63) is 39.7 Å². The van der Waals surface area contributed by atoms with E-state index in [0.29, 0.717) is 6.54 Å². The van der Waals surface area contributed by atoms with Gasteiger partial charge in [0.2, 0.25) is 0 Å². The van der Waals surface area contributed by atoms with E-state index < -0.39 is 0 Å². The van der Waals surface area contributed by atoms with Gasteiger partial charge in [0.1, 0.15) is 0 Å². The number of benzene rings is 1. The SMILES string of the molecule is CCc1sc(C)nc1-c1ccccc1CN. The molecule has 1 heterocycles. The lowest BCUT2D eigenvalue weighted by molar-refractivity contribution is 1.07. The molecule has 1 aromatic carbocycles. The second kappa shape index (κ2) is 4.76. The van der Waals surface area contributed by atoms with E-state index in [0.717, 1.165) is 17.1 Å². The van der Waals surface area contributed by atoms with E-state index in [1.54, 1.807) is 11.3 Å². The quantitative estimate of drug-likeness (QED) is 0.883. The van der Waals surface area contributed by atoms with Gasteiger partial charge < -0.3 is 5.73 Å². The highest BCUT2D eigenvalue weighted by Crippen LogP contribution is 2.30. The molecular weight excluding hydrogens is 216 g/mol. The molecule has 0 aliphatic rings. The standard InChI is InChI=1S/C13H16N2S/c1-3-12-13(15-9(2)16-12)11-7-5-4-6-10(11)8-14/h4-7H,3,8,14H2,1-2H3. The molecule has 0 aliphatic heterocycles. The highest BCUT2D eigenvalue weighted by molar-refractivity contribution is 7.12. The van der Waals surface area contributed by atoms with E-state index in [1.165, 1.54) is 16.0 Å². The number of rotatable bonds is 3. The molecule has 16 heavy (non-hydrogen) atoms. The Labute approximate surface area is 100 Å². The van der Waals surface area contributed by atoms with Crippen LogP contribution >= 0.6 is 11.3 Å². The maximum atomic E-state index is 5.76. The van der Waals surface area contributed by atoms with Crippen molar-refractivity contribution in [2.24, 2.45) is 5.73 Å². The van der Waals surface area contributed by atoms with Crippen molar-refractivity contribution in [2.75, 3.05) is 0 Å². The first-order valence-corrected chi connectivity index (χ1v) is 6.32. The zero-order chi connectivity index (χ0) is 11.5. The Hall–Kier alpha value is -1.19. The van der Waals surface area contributed by atoms with Crippen LogP contribution in [0.15, 0.2) is 24.3 Å². The third kappa shape index (κ3) is 2.01. The summed E-state index contributed by atoms with van der Waals surface area (Å²) in [4.78, 5) is 5.97. The number of hydrogen-bond donors (Lipinski definition) is 1. The molecule has 0 atom stereocenters. The topological polar surface area (TPSA) is 38.9 Å². The fourth-order valence-electron chi connectivity index (χ4n) is 1.85. The van der Waals surface area contributed by atoms with E-state index in [4.69, 9.17) is 5.73 Å². The minimum absolute atomic E-state index is 0.565. The van der Waals surface area contributed by atoms with Gasteiger partial charge in [-0.3, -0.25) is 0 Å². The molecule has 0 saturated carbocycles. The summed E-state index contributed by atoms with van der Waals surface area (Å²) in [6.07, 6.45) is 1.03. The van der Waals surface area contributed by atoms with Gasteiger partial charge in [0, 0.05) is 17.0 Å². The van der Waals surface area contributed by atoms with Gasteiger partial charge >= 0.3 is 0 Å². The molecule has 0 fully saturated rings. The Morgan fingerprint density at radius 1 is 1.31 bits per heavy atom. The predicted molar refractivity (Wildman–Crippen MR) is 69.6 cm³/mol. The van der Waals surface area contributed by atoms with E-state index >= 15 is 0 Å². The van der Waals surface area contributed by atoms with Crippen molar-refractivity contribution in [1.29, 1.82) is 0 Å². The lowest BCUT2D eigenvalue weighted by Crippen LogP contribution is -1.99. The Morgan fingerprint density at radius 2 is 2.06 bits per heavy atom. The van der Waals surface area contributed by atoms with Crippen LogP contribution in [-0.4, -0.2) is 4.98 Å². The van der Waals surface area contributed by atoms with Crippen LogP contribution in [0.1, 0.15) is 22.4 Å². The van der Waals surface area contributed by atoms with Crippen molar-refractivity contribution in [2.45, 2.75) is 26.8 Å². The third-order valence-corrected chi connectivity index (χ3v) is 3.73. The highest BCUT2D eigenvalue weighted by atomic mass is 32.1. The summed E-state index contributed by atoms with van der Waals surface area (Å²) < 4.78 is 0. The van der Waals surface area contributed by atoms with E-state index in [-0.39, 0.29) is 0 Å². The smallest absolute Gasteiger partial charge is 0.0904 e. The summed E-state index contributed by atoms with van der Waals surface area (Å²) >= 11 is 1.78. The minimum Gasteiger partial charge on any atom is -0.326 e. The van der Waals surface area contributed by atoms with Crippen LogP contribution in [0.25, 0.3) is 11.3 Å². The van der Waals surface area contributed by atoms with Crippen LogP contribution in [0.5, 0.6) is 0 Å². The van der Waals surface area contributed by atoms with Gasteiger partial charge in [-0.05, 0) is 18.9 Å². The molecule has 0 amide bonds. The second-order valence-corrected chi connectivity index (χ2v) is 5.01. The Balaban J connectivity index is 2.57. The molecule has 2 aromatic rings. The molecule has 0 saturated heterocycles. The predicted octanol–water partition coefficient (Wildman–Crippen LogP) is 3.14. The number of thiazole rings is 1. The van der Waals surface area contributed by atoms with Gasteiger partial charge in [0.15, 0.2) is 0 Å². The van der Waals surface area contributed by atoms with Crippen molar-refractivity contribution in [3.8, 4) is 11.3 Å². The van der Waals surface area contributed by atoms with Crippen LogP contribution in [0, 0.1) is 6.92 Å². The van der Waals surface area contributed by atoms with Crippen LogP contribution in [-0.2, 0) is 13.0 Å². The summed E-state index contributed by atoms with van der Waals surface area (Å²) in [5.74, 6) is 0. The van der Waals surface area contributed by atoms with Gasteiger partial charge in [0.25, 0.3) is 0 Å². The zero-order valence-corrected chi connectivity index (χ0v) is 10.5. The summed E-state index contributed by atoms with van der Waals surface area (Å²) in [5, 5.41) is 1.12. The lowest BCUT2D eigenvalue weighted by atomic mass is 10.0. The average Bonchev–Trinajstić information content (AvgIpc) is 2.70. The van der Waals surface area contributed by atoms with Crippen LogP contribution in [0.3, 0.4) is 0 Å². The molecule has 0 unspecified atom stereocenters. The number of aryl methyl sites for hydroxylation is 2. The van der Waals surface area contributed by atoms with E-state index in [9.17, 15) is 0 Å². The zero-order valence-electron chi connectivity index (χ0n) is 9.66. The maximum Gasteiger partial charge on any atom is 0.0904 e. The normalized spacial score (nSPS) is 10.7. The second-order valence-electron chi connectivity index (χ2n) is 3.72. The number of nitrogens with two attached hydrogens (primary N) is 1. The largest absolute Gasteiger partial charge is 0.326 e. The fraction of sp³-hybridized carbons (Fsp3) is 0.308. The Bertz CT molecular complexity index is 488. The van der Waals surface area contributed by atoms with Crippen molar-refractivity contribution >= 4 is 11.3 Å². The molecule has 3 heteroatoms. The molecule has 0 spiro atoms. The molecule has 1 aromatic heterocycles. The van der Waals surface area contributed by atoms with Gasteiger partial charge in [-0.2, -0.15) is 0 Å². The van der Waals surface area contributed by atoms with Crippen LogP contribution in [0.2, 0.25) is 0 Å². The summed E-state index contributed by atoms with van der Waals surface area (Å²) in [6.45, 7) is 4.79. The third-order valence-electron chi connectivity index (χ3n) is 2.62. The number of aromatic nitrogens is 1. The molecule has 2 rings (SSSR count). The van der Waals surface area contributed by atoms with E-state index in [1.807, 2.05) is 12.1 Å². The molecule has 0 aliphatic carbocycles. The van der Waals surface area contributed by atoms with Gasteiger partial charge in [-0.1, -0.05) is 31.2 Å². The van der Waals surface area contributed by atoms with Crippen molar-refractivity contribution < 1.29 is 0 Å². The molecule has 2 nitrogen and oxygen atoms in total. The first-order valence-electron chi connectivity index (χ1n) is 5.51. The first kappa shape index (κ1) is 11.3. The van der Waals surface area contributed by atoms with Crippen molar-refractivity contribution in [1.82, 2.24) is 4.98 Å². The maximum absolute atomic E-state index is 5.76. The minimum atomic E-state index is 0.565. The van der Waals surface area contributed by atoms with Crippen LogP contribution < -0.4 is 5.73 Å². The van der Waals surface area contributed by atoms with E-state index in [2.05, 4.69) is 31.0 Å². The van der Waals surface area contributed by atoms with Gasteiger partial charge in [0.05, 0.1) is 10.7 Å². The Kier molecular flexibility index (Phi) is 3.36. The molecule has 2 N–H and O–H groups in total. The molecular formula is C13H16N2S. The monoisotopic (exact) mass is 232 g/mol. The van der Waals surface area contributed by atoms with Crippen molar-refractivity contribution in [3.63, 3.8) is 0 Å². The Morgan fingerprint density at radius 3 is 2.75 bits per heavy atom. The van der Waals surface area contributed by atoms with Gasteiger partial charge in [-0.15, -0.1) is 11.3 Å². The van der Waals surface area contributed by atoms with Gasteiger partial charge in [-0.25, -0.2) is 4.98 Å². The lowest BCUT2D eigenvalue weighted by Gasteiger charge is -2.06. The number of hydrogen-bond acceptors (Lipinski definition) is 3. The fourth-order valence-corrected chi connectivity index (χ4v) is 2.74. The molecule has 84 valence electrons. The average molecular weight is 232 g/mol. The summed E-state index contributed by atoms with van der Waals surface area (Å²) in [6, 6.07) is 8.25. The molecule has 0 bridgehead atoms. The molecule has 0 radical (unpaired) electrons. The number of nitrogens with zero attached hydrogens (tertiary/aromatic N) is 1. The summed E-state index contributed by atoms with van der Waals surface area (Å²) in [5.41, 5.74) is 9.23. The summed E-state index contributed by atoms with van der Waals surface area (Å²) in [7, 11) is 0.